The number of para-hydroxylation sites is 1. The number of carbonyl (C=O) groups excluding carboxylic acids is 1. The molecular weight excluding hydrogens is 480 g/mol. The highest BCUT2D eigenvalue weighted by atomic mass is 32.2. The second-order valence-electron chi connectivity index (χ2n) is 8.09. The predicted molar refractivity (Wildman–Crippen MR) is 139 cm³/mol. The fourth-order valence-corrected chi connectivity index (χ4v) is 5.82. The Morgan fingerprint density at radius 1 is 1.00 bits per heavy atom. The van der Waals surface area contributed by atoms with Gasteiger partial charge in [0, 0.05) is 42.9 Å². The standard InChI is InChI=1S/C25H26N6O2S2/c1-18-27-28-25(31(18)20-6-4-3-5-7-20)35-17-23-26-22(16-34-23)24(32)30-14-12-29(13-15-30)19-8-10-21(33-2)11-9-19/h3-11,16H,12-15,17H2,1-2H3. The van der Waals surface area contributed by atoms with Gasteiger partial charge in [0.25, 0.3) is 5.91 Å². The third-order valence-electron chi connectivity index (χ3n) is 5.91. The molecule has 0 spiro atoms. The van der Waals surface area contributed by atoms with Gasteiger partial charge in [-0.25, -0.2) is 4.98 Å². The largest absolute Gasteiger partial charge is 0.497 e. The summed E-state index contributed by atoms with van der Waals surface area (Å²) in [5.41, 5.74) is 2.69. The Morgan fingerprint density at radius 3 is 2.46 bits per heavy atom. The molecule has 0 atom stereocenters. The minimum Gasteiger partial charge on any atom is -0.497 e. The van der Waals surface area contributed by atoms with Gasteiger partial charge in [-0.05, 0) is 43.3 Å². The molecule has 3 heterocycles. The maximum absolute atomic E-state index is 13.1. The summed E-state index contributed by atoms with van der Waals surface area (Å²) < 4.78 is 7.27. The van der Waals surface area contributed by atoms with Crippen molar-refractivity contribution in [3.05, 3.63) is 76.5 Å². The number of hydrogen-bond acceptors (Lipinski definition) is 8. The van der Waals surface area contributed by atoms with E-state index in [9.17, 15) is 4.79 Å². The molecule has 2 aromatic heterocycles. The van der Waals surface area contributed by atoms with E-state index >= 15 is 0 Å². The van der Waals surface area contributed by atoms with Gasteiger partial charge in [-0.15, -0.1) is 21.5 Å². The molecule has 2 aromatic carbocycles. The molecule has 0 aliphatic carbocycles. The van der Waals surface area contributed by atoms with Crippen LogP contribution in [0.3, 0.4) is 0 Å². The molecule has 1 amide bonds. The zero-order valence-corrected chi connectivity index (χ0v) is 21.3. The summed E-state index contributed by atoms with van der Waals surface area (Å²) in [7, 11) is 1.67. The highest BCUT2D eigenvalue weighted by Crippen LogP contribution is 2.27. The highest BCUT2D eigenvalue weighted by Gasteiger charge is 2.24. The van der Waals surface area contributed by atoms with Gasteiger partial charge in [0.05, 0.1) is 12.9 Å². The molecule has 35 heavy (non-hydrogen) atoms. The lowest BCUT2D eigenvalue weighted by atomic mass is 10.2. The molecule has 1 fully saturated rings. The Hall–Kier alpha value is -3.37. The van der Waals surface area contributed by atoms with Gasteiger partial charge in [0.2, 0.25) is 0 Å². The van der Waals surface area contributed by atoms with Crippen molar-refractivity contribution in [3.63, 3.8) is 0 Å². The second-order valence-corrected chi connectivity index (χ2v) is 9.98. The van der Waals surface area contributed by atoms with Gasteiger partial charge in [-0.1, -0.05) is 30.0 Å². The predicted octanol–water partition coefficient (Wildman–Crippen LogP) is 4.30. The first kappa shape index (κ1) is 23.4. The number of amides is 1. The third-order valence-corrected chi connectivity index (χ3v) is 7.88. The molecule has 1 saturated heterocycles. The first-order valence-electron chi connectivity index (χ1n) is 11.4. The number of nitrogens with zero attached hydrogens (tertiary/aromatic N) is 6. The summed E-state index contributed by atoms with van der Waals surface area (Å²) in [6.07, 6.45) is 0. The van der Waals surface area contributed by atoms with E-state index in [0.29, 0.717) is 24.5 Å². The maximum atomic E-state index is 13.1. The SMILES string of the molecule is COc1ccc(N2CCN(C(=O)c3csc(CSc4nnc(C)n4-c4ccccc4)n3)CC2)cc1. The molecule has 1 aliphatic heterocycles. The topological polar surface area (TPSA) is 76.4 Å². The van der Waals surface area contributed by atoms with E-state index in [1.165, 1.54) is 11.3 Å². The van der Waals surface area contributed by atoms with Crippen LogP contribution in [-0.2, 0) is 5.75 Å². The number of benzene rings is 2. The molecule has 180 valence electrons. The van der Waals surface area contributed by atoms with Crippen LogP contribution >= 0.6 is 23.1 Å². The molecule has 0 N–H and O–H groups in total. The summed E-state index contributed by atoms with van der Waals surface area (Å²) in [5.74, 6) is 2.31. The summed E-state index contributed by atoms with van der Waals surface area (Å²) in [6, 6.07) is 18.1. The van der Waals surface area contributed by atoms with E-state index in [2.05, 4.69) is 32.2 Å². The molecule has 0 unspecified atom stereocenters. The quantitative estimate of drug-likeness (QED) is 0.346. The van der Waals surface area contributed by atoms with E-state index in [1.54, 1.807) is 18.9 Å². The van der Waals surface area contributed by atoms with Crippen LogP contribution in [0.1, 0.15) is 21.3 Å². The van der Waals surface area contributed by atoms with Crippen LogP contribution in [0.5, 0.6) is 5.75 Å². The van der Waals surface area contributed by atoms with Gasteiger partial charge in [0.15, 0.2) is 5.16 Å². The van der Waals surface area contributed by atoms with E-state index in [4.69, 9.17) is 4.74 Å². The molecule has 5 rings (SSSR count). The van der Waals surface area contributed by atoms with Crippen molar-refractivity contribution in [1.29, 1.82) is 0 Å². The van der Waals surface area contributed by atoms with Crippen LogP contribution in [0, 0.1) is 6.92 Å². The summed E-state index contributed by atoms with van der Waals surface area (Å²) in [4.78, 5) is 21.9. The number of thiazole rings is 1. The average Bonchev–Trinajstić information content (AvgIpc) is 3.54. The van der Waals surface area contributed by atoms with Crippen molar-refractivity contribution in [2.45, 2.75) is 17.8 Å². The van der Waals surface area contributed by atoms with Crippen molar-refractivity contribution < 1.29 is 9.53 Å². The smallest absolute Gasteiger partial charge is 0.273 e. The molecule has 10 heteroatoms. The zero-order chi connectivity index (χ0) is 24.2. The molecule has 8 nitrogen and oxygen atoms in total. The van der Waals surface area contributed by atoms with Gasteiger partial charge >= 0.3 is 0 Å². The second kappa shape index (κ2) is 10.5. The number of methoxy groups -OCH3 is 1. The number of ether oxygens (including phenoxy) is 1. The molecule has 0 saturated carbocycles. The summed E-state index contributed by atoms with van der Waals surface area (Å²) in [6.45, 7) is 4.87. The lowest BCUT2D eigenvalue weighted by Crippen LogP contribution is -2.48. The normalized spacial score (nSPS) is 13.8. The fourth-order valence-electron chi connectivity index (χ4n) is 4.04. The monoisotopic (exact) mass is 506 g/mol. The zero-order valence-electron chi connectivity index (χ0n) is 19.6. The van der Waals surface area contributed by atoms with Crippen molar-refractivity contribution in [2.75, 3.05) is 38.2 Å². The number of rotatable bonds is 7. The minimum absolute atomic E-state index is 0.00447. The third kappa shape index (κ3) is 5.18. The van der Waals surface area contributed by atoms with Crippen molar-refractivity contribution in [2.24, 2.45) is 0 Å². The van der Waals surface area contributed by atoms with Gasteiger partial charge < -0.3 is 14.5 Å². The van der Waals surface area contributed by atoms with E-state index in [-0.39, 0.29) is 5.91 Å². The number of carbonyl (C=O) groups is 1. The van der Waals surface area contributed by atoms with Crippen LogP contribution in [0.2, 0.25) is 0 Å². The van der Waals surface area contributed by atoms with Crippen LogP contribution in [-0.4, -0.2) is 63.8 Å². The first-order chi connectivity index (χ1) is 17.1. The molecule has 4 aromatic rings. The Morgan fingerprint density at radius 2 is 1.74 bits per heavy atom. The lowest BCUT2D eigenvalue weighted by molar-refractivity contribution is 0.0741. The number of aryl methyl sites for hydroxylation is 1. The minimum atomic E-state index is -0.00447. The van der Waals surface area contributed by atoms with Gasteiger partial charge in [0.1, 0.15) is 22.3 Å². The van der Waals surface area contributed by atoms with Gasteiger partial charge in [-0.3, -0.25) is 9.36 Å². The van der Waals surface area contributed by atoms with Crippen LogP contribution in [0.15, 0.2) is 65.1 Å². The summed E-state index contributed by atoms with van der Waals surface area (Å²) >= 11 is 3.08. The van der Waals surface area contributed by atoms with E-state index in [1.807, 2.05) is 64.2 Å². The highest BCUT2D eigenvalue weighted by molar-refractivity contribution is 7.98. The number of thioether (sulfide) groups is 1. The maximum Gasteiger partial charge on any atom is 0.273 e. The van der Waals surface area contributed by atoms with Crippen molar-refractivity contribution in [3.8, 4) is 11.4 Å². The Labute approximate surface area is 212 Å². The van der Waals surface area contributed by atoms with E-state index < -0.39 is 0 Å². The number of aromatic nitrogens is 4. The van der Waals surface area contributed by atoms with Gasteiger partial charge in [-0.2, -0.15) is 0 Å². The molecule has 1 aliphatic rings. The molecule has 0 radical (unpaired) electrons. The Balaban J connectivity index is 1.18. The number of piperazine rings is 1. The average molecular weight is 507 g/mol. The number of anilines is 1. The van der Waals surface area contributed by atoms with Crippen molar-refractivity contribution >= 4 is 34.7 Å². The Bertz CT molecular complexity index is 1280. The fraction of sp³-hybridized carbons (Fsp3) is 0.280. The lowest BCUT2D eigenvalue weighted by Gasteiger charge is -2.35. The molecular formula is C25H26N6O2S2. The number of hydrogen-bond donors (Lipinski definition) is 0. The molecule has 0 bridgehead atoms. The van der Waals surface area contributed by atoms with Crippen LogP contribution < -0.4 is 9.64 Å². The van der Waals surface area contributed by atoms with Crippen molar-refractivity contribution in [1.82, 2.24) is 24.6 Å². The Kier molecular flexibility index (Phi) is 7.01. The summed E-state index contributed by atoms with van der Waals surface area (Å²) in [5, 5.41) is 12.1. The first-order valence-corrected chi connectivity index (χ1v) is 13.2. The van der Waals surface area contributed by atoms with Crippen LogP contribution in [0.4, 0.5) is 5.69 Å². The van der Waals surface area contributed by atoms with Crippen LogP contribution in [0.25, 0.3) is 5.69 Å². The van der Waals surface area contributed by atoms with E-state index in [0.717, 1.165) is 46.2 Å².